The number of nitrogens with one attached hydrogen (secondary N) is 1. The van der Waals surface area contributed by atoms with E-state index in [1.165, 1.54) is 31.2 Å². The molecule has 0 atom stereocenters. The number of carbonyl (C=O) groups excluding carboxylic acids is 5. The Labute approximate surface area is 196 Å². The van der Waals surface area contributed by atoms with E-state index in [9.17, 15) is 34.2 Å². The number of aromatic hydroxyl groups is 2. The second-order valence-corrected chi connectivity index (χ2v) is 7.98. The molecule has 6 N–H and O–H groups in total. The van der Waals surface area contributed by atoms with Gasteiger partial charge in [0.05, 0.1) is 16.7 Å². The molecule has 1 amide bonds. The van der Waals surface area contributed by atoms with Gasteiger partial charge in [-0.2, -0.15) is 0 Å². The lowest BCUT2D eigenvalue weighted by atomic mass is 9.92. The van der Waals surface area contributed by atoms with Crippen molar-refractivity contribution in [1.29, 1.82) is 0 Å². The molecule has 9 nitrogen and oxygen atoms in total. The van der Waals surface area contributed by atoms with Crippen molar-refractivity contribution in [2.45, 2.75) is 51.9 Å². The Morgan fingerprint density at radius 1 is 0.882 bits per heavy atom. The number of ketones is 2. The van der Waals surface area contributed by atoms with E-state index in [-0.39, 0.29) is 40.4 Å². The van der Waals surface area contributed by atoms with Crippen molar-refractivity contribution in [3.63, 3.8) is 0 Å². The number of benzene rings is 2. The van der Waals surface area contributed by atoms with Crippen LogP contribution in [0.25, 0.3) is 11.1 Å². The molecule has 2 aromatic rings. The summed E-state index contributed by atoms with van der Waals surface area (Å²) >= 11 is 0. The molecule has 0 aliphatic rings. The monoisotopic (exact) mass is 469 g/mol. The Balaban J connectivity index is 2.23. The number of phenols is 2. The molecule has 0 spiro atoms. The Hall–Kier alpha value is -3.85. The van der Waals surface area contributed by atoms with Crippen LogP contribution in [0.15, 0.2) is 24.3 Å². The Bertz CT molecular complexity index is 1080. The molecule has 0 bridgehead atoms. The van der Waals surface area contributed by atoms with Gasteiger partial charge in [0.2, 0.25) is 5.91 Å². The fraction of sp³-hybridized carbons (Fsp3) is 0.320. The summed E-state index contributed by atoms with van der Waals surface area (Å²) in [5.74, 6) is 3.22. The summed E-state index contributed by atoms with van der Waals surface area (Å²) in [4.78, 5) is 56.8. The molecule has 9 heteroatoms. The third kappa shape index (κ3) is 6.58. The zero-order chi connectivity index (χ0) is 25.3. The maximum Gasteiger partial charge on any atom is 0.316 e. The summed E-state index contributed by atoms with van der Waals surface area (Å²) < 4.78 is 0. The van der Waals surface area contributed by atoms with Gasteiger partial charge in [-0.05, 0) is 55.2 Å². The van der Waals surface area contributed by atoms with Crippen molar-refractivity contribution < 1.29 is 34.2 Å². The number of Topliss-reactive ketones (excluding diaryl/α,β-unsaturated/α-hetero) is 2. The summed E-state index contributed by atoms with van der Waals surface area (Å²) in [5.41, 5.74) is 2.67. The van der Waals surface area contributed by atoms with Gasteiger partial charge in [-0.1, -0.05) is 19.3 Å². The van der Waals surface area contributed by atoms with Crippen LogP contribution >= 0.6 is 0 Å². The van der Waals surface area contributed by atoms with Crippen LogP contribution in [0.5, 0.6) is 11.5 Å². The van der Waals surface area contributed by atoms with E-state index in [0.29, 0.717) is 43.0 Å². The van der Waals surface area contributed by atoms with Crippen molar-refractivity contribution in [3.05, 3.63) is 46.5 Å². The fourth-order valence-corrected chi connectivity index (χ4v) is 3.63. The van der Waals surface area contributed by atoms with Crippen molar-refractivity contribution in [1.82, 2.24) is 5.43 Å². The lowest BCUT2D eigenvalue weighted by Gasteiger charge is -2.13. The van der Waals surface area contributed by atoms with Gasteiger partial charge < -0.3 is 10.2 Å². The van der Waals surface area contributed by atoms with Gasteiger partial charge >= 0.3 is 6.29 Å². The predicted molar refractivity (Wildman–Crippen MR) is 127 cm³/mol. The van der Waals surface area contributed by atoms with Crippen LogP contribution in [0.3, 0.4) is 0 Å². The number of rotatable bonds is 13. The molecule has 0 aromatic heterocycles. The highest BCUT2D eigenvalue weighted by molar-refractivity contribution is 6.06. The number of phenolic OH excluding ortho intramolecular Hbond substituents is 2. The molecular weight excluding hydrogens is 440 g/mol. The zero-order valence-corrected chi connectivity index (χ0v) is 19.0. The largest absolute Gasteiger partial charge is 0.506 e. The lowest BCUT2D eigenvalue weighted by Crippen LogP contribution is -2.29. The third-order valence-electron chi connectivity index (χ3n) is 5.53. The van der Waals surface area contributed by atoms with Crippen LogP contribution in [0.4, 0.5) is 0 Å². The first-order chi connectivity index (χ1) is 16.2. The lowest BCUT2D eigenvalue weighted by molar-refractivity contribution is -0.121. The number of carbonyl (C=O) groups is 4. The zero-order valence-electron chi connectivity index (χ0n) is 19.0. The van der Waals surface area contributed by atoms with Gasteiger partial charge in [0.25, 0.3) is 0 Å². The van der Waals surface area contributed by atoms with Gasteiger partial charge in [-0.15, -0.1) is 0 Å². The Morgan fingerprint density at radius 2 is 1.44 bits per heavy atom. The summed E-state index contributed by atoms with van der Waals surface area (Å²) in [6.45, 7) is 1.26. The SMILES string of the molecule is CC(=O)c1cc(-c2cc(C=O)c(O)c(C=[OH+])c2)cc(C(=O)CCCCCCCC(=O)NN)c1O. The van der Waals surface area contributed by atoms with E-state index in [1.54, 1.807) is 0 Å². The van der Waals surface area contributed by atoms with Crippen molar-refractivity contribution >= 4 is 30.0 Å². The van der Waals surface area contributed by atoms with Crippen molar-refractivity contribution in [3.8, 4) is 22.6 Å². The summed E-state index contributed by atoms with van der Waals surface area (Å²) in [5, 5.41) is 20.6. The standard InChI is InChI=1S/C25H28N2O7/c1-15(30)20-11-17(16-9-18(13-28)24(33)19(10-16)14-29)12-21(25(20)34)22(31)7-5-3-2-4-6-8-23(32)27-26/h9-14,33-34H,2-8,26H2,1H3,(H,27,32)/p+1. The van der Waals surface area contributed by atoms with E-state index in [0.717, 1.165) is 19.3 Å². The highest BCUT2D eigenvalue weighted by Gasteiger charge is 2.20. The first-order valence-corrected chi connectivity index (χ1v) is 10.9. The van der Waals surface area contributed by atoms with Crippen molar-refractivity contribution in [2.75, 3.05) is 0 Å². The number of hydrazine groups is 1. The van der Waals surface area contributed by atoms with Crippen LogP contribution in [-0.4, -0.2) is 45.1 Å². The maximum absolute atomic E-state index is 12.9. The first kappa shape index (κ1) is 26.4. The summed E-state index contributed by atoms with van der Waals surface area (Å²) in [6.07, 6.45) is 5.25. The number of hydrogen-bond donors (Lipinski definition) is 4. The molecule has 0 aliphatic carbocycles. The minimum Gasteiger partial charge on any atom is -0.506 e. The van der Waals surface area contributed by atoms with Gasteiger partial charge in [0.1, 0.15) is 17.1 Å². The number of amides is 1. The molecule has 0 radical (unpaired) electrons. The number of unbranched alkanes of at least 4 members (excludes halogenated alkanes) is 4. The fourth-order valence-electron chi connectivity index (χ4n) is 3.63. The second-order valence-electron chi connectivity index (χ2n) is 7.98. The topological polar surface area (TPSA) is 168 Å². The average molecular weight is 470 g/mol. The Morgan fingerprint density at radius 3 is 2.03 bits per heavy atom. The number of hydrogen-bond acceptors (Lipinski definition) is 7. The number of aldehydes is 2. The molecule has 0 unspecified atom stereocenters. The van der Waals surface area contributed by atoms with E-state index in [4.69, 9.17) is 5.84 Å². The molecule has 2 aromatic carbocycles. The van der Waals surface area contributed by atoms with Crippen LogP contribution in [0.1, 0.15) is 88.5 Å². The summed E-state index contributed by atoms with van der Waals surface area (Å²) in [7, 11) is 0. The van der Waals surface area contributed by atoms with Crippen LogP contribution in [0.2, 0.25) is 0 Å². The molecule has 0 saturated carbocycles. The highest BCUT2D eigenvalue weighted by atomic mass is 16.3. The molecule has 34 heavy (non-hydrogen) atoms. The highest BCUT2D eigenvalue weighted by Crippen LogP contribution is 2.34. The molecule has 0 fully saturated rings. The van der Waals surface area contributed by atoms with Gasteiger partial charge in [-0.25, -0.2) is 5.84 Å². The van der Waals surface area contributed by atoms with Gasteiger partial charge in [0, 0.05) is 12.8 Å². The molecule has 0 saturated heterocycles. The normalized spacial score (nSPS) is 10.5. The molecule has 180 valence electrons. The second kappa shape index (κ2) is 12.4. The minimum atomic E-state index is -0.446. The predicted octanol–water partition coefficient (Wildman–Crippen LogP) is 3.21. The van der Waals surface area contributed by atoms with Gasteiger partial charge in [0.15, 0.2) is 17.9 Å². The quantitative estimate of drug-likeness (QED) is 0.0664. The van der Waals surface area contributed by atoms with E-state index in [1.807, 2.05) is 0 Å². The van der Waals surface area contributed by atoms with E-state index in [2.05, 4.69) is 5.43 Å². The third-order valence-corrected chi connectivity index (χ3v) is 5.53. The summed E-state index contributed by atoms with van der Waals surface area (Å²) in [6, 6.07) is 5.59. The maximum atomic E-state index is 12.9. The van der Waals surface area contributed by atoms with Gasteiger partial charge in [-0.3, -0.25) is 29.4 Å². The van der Waals surface area contributed by atoms with E-state index >= 15 is 0 Å². The number of nitrogens with two attached hydrogens (primary N) is 1. The van der Waals surface area contributed by atoms with Crippen LogP contribution in [-0.2, 0) is 4.79 Å². The van der Waals surface area contributed by atoms with Crippen molar-refractivity contribution in [2.24, 2.45) is 5.84 Å². The minimum absolute atomic E-state index is 0.00568. The molecule has 2 rings (SSSR count). The molecule has 0 heterocycles. The first-order valence-electron chi connectivity index (χ1n) is 10.9. The molecule has 0 aliphatic heterocycles. The molecular formula is C25H29N2O7+. The smallest absolute Gasteiger partial charge is 0.316 e. The van der Waals surface area contributed by atoms with E-state index < -0.39 is 17.3 Å². The van der Waals surface area contributed by atoms with Crippen LogP contribution < -0.4 is 11.3 Å². The average Bonchev–Trinajstić information content (AvgIpc) is 2.83. The van der Waals surface area contributed by atoms with Crippen LogP contribution in [0, 0.1) is 0 Å². The Kier molecular flexibility index (Phi) is 9.63.